The number of methoxy groups -OCH3 is 1. The molecule has 4 nitrogen and oxygen atoms in total. The predicted molar refractivity (Wildman–Crippen MR) is 96.5 cm³/mol. The summed E-state index contributed by atoms with van der Waals surface area (Å²) < 4.78 is 5.30. The molecular formula is C20H24N2O2. The molecule has 0 unspecified atom stereocenters. The summed E-state index contributed by atoms with van der Waals surface area (Å²) in [5.41, 5.74) is 2.22. The maximum Gasteiger partial charge on any atom is 0.241 e. The van der Waals surface area contributed by atoms with Crippen LogP contribution in [0.4, 0.5) is 5.69 Å². The Bertz CT molecular complexity index is 687. The summed E-state index contributed by atoms with van der Waals surface area (Å²) >= 11 is 0. The van der Waals surface area contributed by atoms with Crippen LogP contribution in [0.3, 0.4) is 0 Å². The Morgan fingerprint density at radius 3 is 2.62 bits per heavy atom. The molecule has 2 aromatic carbocycles. The van der Waals surface area contributed by atoms with Crippen molar-refractivity contribution in [2.45, 2.75) is 19.4 Å². The van der Waals surface area contributed by atoms with E-state index in [1.165, 1.54) is 5.56 Å². The van der Waals surface area contributed by atoms with Gasteiger partial charge in [0.15, 0.2) is 0 Å². The average Bonchev–Trinajstić information content (AvgIpc) is 2.63. The van der Waals surface area contributed by atoms with E-state index in [9.17, 15) is 4.79 Å². The Balaban J connectivity index is 1.82. The van der Waals surface area contributed by atoms with E-state index in [1.54, 1.807) is 7.11 Å². The van der Waals surface area contributed by atoms with Crippen molar-refractivity contribution in [3.63, 3.8) is 0 Å². The van der Waals surface area contributed by atoms with Gasteiger partial charge in [-0.3, -0.25) is 9.69 Å². The average molecular weight is 324 g/mol. The molecule has 0 saturated carbocycles. The largest absolute Gasteiger partial charge is 0.497 e. The zero-order valence-corrected chi connectivity index (χ0v) is 14.3. The van der Waals surface area contributed by atoms with Gasteiger partial charge < -0.3 is 9.64 Å². The molecule has 1 heterocycles. The van der Waals surface area contributed by atoms with Gasteiger partial charge in [0.1, 0.15) is 5.75 Å². The minimum absolute atomic E-state index is 0.148. The second-order valence-corrected chi connectivity index (χ2v) is 6.11. The Morgan fingerprint density at radius 1 is 1.12 bits per heavy atom. The Morgan fingerprint density at radius 2 is 1.92 bits per heavy atom. The van der Waals surface area contributed by atoms with Crippen molar-refractivity contribution >= 4 is 11.6 Å². The number of carbonyl (C=O) groups is 1. The van der Waals surface area contributed by atoms with Crippen molar-refractivity contribution in [3.8, 4) is 5.75 Å². The normalized spacial score (nSPS) is 18.7. The SMILES string of the molecule is CCN1CC(=O)N(c2cccc(OC)c2)C[C@H]1Cc1ccccc1. The van der Waals surface area contributed by atoms with Crippen LogP contribution in [0, 0.1) is 0 Å². The second kappa shape index (κ2) is 7.49. The van der Waals surface area contributed by atoms with Gasteiger partial charge in [-0.1, -0.05) is 43.3 Å². The molecule has 1 saturated heterocycles. The highest BCUT2D eigenvalue weighted by atomic mass is 16.5. The van der Waals surface area contributed by atoms with Gasteiger partial charge in [-0.15, -0.1) is 0 Å². The van der Waals surface area contributed by atoms with E-state index in [0.29, 0.717) is 19.1 Å². The highest BCUT2D eigenvalue weighted by Gasteiger charge is 2.32. The van der Waals surface area contributed by atoms with Crippen LogP contribution in [0.2, 0.25) is 0 Å². The molecule has 0 N–H and O–H groups in total. The van der Waals surface area contributed by atoms with Crippen molar-refractivity contribution in [3.05, 3.63) is 60.2 Å². The van der Waals surface area contributed by atoms with Crippen LogP contribution >= 0.6 is 0 Å². The van der Waals surface area contributed by atoms with Crippen molar-refractivity contribution < 1.29 is 9.53 Å². The molecule has 1 aliphatic rings. The number of rotatable bonds is 5. The standard InChI is InChI=1S/C20H24N2O2/c1-3-21-15-20(23)22(17-10-7-11-19(13-17)24-2)14-18(21)12-16-8-5-4-6-9-16/h4-11,13,18H,3,12,14-15H2,1-2H3/t18-/m1/s1. The van der Waals surface area contributed by atoms with Gasteiger partial charge in [0.25, 0.3) is 0 Å². The molecule has 3 rings (SSSR count). The Kier molecular flexibility index (Phi) is 5.16. The number of hydrogen-bond donors (Lipinski definition) is 0. The smallest absolute Gasteiger partial charge is 0.241 e. The number of piperazine rings is 1. The van der Waals surface area contributed by atoms with Gasteiger partial charge in [-0.25, -0.2) is 0 Å². The summed E-state index contributed by atoms with van der Waals surface area (Å²) in [6.45, 7) is 4.17. The van der Waals surface area contributed by atoms with Crippen molar-refractivity contribution in [1.29, 1.82) is 0 Å². The van der Waals surface area contributed by atoms with Gasteiger partial charge in [0.2, 0.25) is 5.91 Å². The molecule has 1 amide bonds. The van der Waals surface area contributed by atoms with E-state index in [4.69, 9.17) is 4.74 Å². The lowest BCUT2D eigenvalue weighted by molar-refractivity contribution is -0.122. The second-order valence-electron chi connectivity index (χ2n) is 6.11. The van der Waals surface area contributed by atoms with E-state index < -0.39 is 0 Å². The van der Waals surface area contributed by atoms with E-state index in [0.717, 1.165) is 24.4 Å². The molecular weight excluding hydrogens is 300 g/mol. The van der Waals surface area contributed by atoms with Crippen molar-refractivity contribution in [1.82, 2.24) is 4.90 Å². The first-order chi connectivity index (χ1) is 11.7. The van der Waals surface area contributed by atoms with E-state index in [1.807, 2.05) is 35.2 Å². The van der Waals surface area contributed by atoms with Crippen LogP contribution in [0.5, 0.6) is 5.75 Å². The van der Waals surface area contributed by atoms with Gasteiger partial charge >= 0.3 is 0 Å². The number of benzene rings is 2. The topological polar surface area (TPSA) is 32.8 Å². The van der Waals surface area contributed by atoms with Crippen molar-refractivity contribution in [2.24, 2.45) is 0 Å². The first-order valence-corrected chi connectivity index (χ1v) is 8.43. The van der Waals surface area contributed by atoms with Crippen LogP contribution in [0.1, 0.15) is 12.5 Å². The number of amides is 1. The molecule has 1 fully saturated rings. The number of anilines is 1. The van der Waals surface area contributed by atoms with Crippen LogP contribution in [-0.4, -0.2) is 43.6 Å². The number of ether oxygens (including phenoxy) is 1. The summed E-state index contributed by atoms with van der Waals surface area (Å²) in [6.07, 6.45) is 0.947. The number of nitrogens with zero attached hydrogens (tertiary/aromatic N) is 2. The fraction of sp³-hybridized carbons (Fsp3) is 0.350. The molecule has 1 atom stereocenters. The third kappa shape index (κ3) is 3.60. The molecule has 126 valence electrons. The Hall–Kier alpha value is -2.33. The Labute approximate surface area is 143 Å². The fourth-order valence-corrected chi connectivity index (χ4v) is 3.29. The molecule has 0 bridgehead atoms. The zero-order chi connectivity index (χ0) is 16.9. The van der Waals surface area contributed by atoms with Crippen LogP contribution in [0.15, 0.2) is 54.6 Å². The first kappa shape index (κ1) is 16.5. The van der Waals surface area contributed by atoms with Crippen LogP contribution < -0.4 is 9.64 Å². The van der Waals surface area contributed by atoms with E-state index in [-0.39, 0.29) is 5.91 Å². The number of carbonyl (C=O) groups excluding carboxylic acids is 1. The third-order valence-electron chi connectivity index (χ3n) is 4.63. The lowest BCUT2D eigenvalue weighted by atomic mass is 10.0. The summed E-state index contributed by atoms with van der Waals surface area (Å²) in [5, 5.41) is 0. The molecule has 1 aliphatic heterocycles. The maximum atomic E-state index is 12.6. The minimum atomic E-state index is 0.148. The van der Waals surface area contributed by atoms with E-state index >= 15 is 0 Å². The highest BCUT2D eigenvalue weighted by Crippen LogP contribution is 2.25. The molecule has 4 heteroatoms. The predicted octanol–water partition coefficient (Wildman–Crippen LogP) is 2.98. The maximum absolute atomic E-state index is 12.6. The quantitative estimate of drug-likeness (QED) is 0.848. The van der Waals surface area contributed by atoms with Gasteiger partial charge in [-0.2, -0.15) is 0 Å². The van der Waals surface area contributed by atoms with Crippen LogP contribution in [-0.2, 0) is 11.2 Å². The summed E-state index contributed by atoms with van der Waals surface area (Å²) in [5.74, 6) is 0.923. The van der Waals surface area contributed by atoms with Gasteiger partial charge in [-0.05, 0) is 30.7 Å². The molecule has 24 heavy (non-hydrogen) atoms. The molecule has 0 aromatic heterocycles. The molecule has 2 aromatic rings. The summed E-state index contributed by atoms with van der Waals surface area (Å²) in [7, 11) is 1.65. The molecule has 0 aliphatic carbocycles. The van der Waals surface area contributed by atoms with E-state index in [2.05, 4.69) is 36.1 Å². The lowest BCUT2D eigenvalue weighted by Gasteiger charge is -2.40. The van der Waals surface area contributed by atoms with Crippen LogP contribution in [0.25, 0.3) is 0 Å². The molecule has 0 radical (unpaired) electrons. The highest BCUT2D eigenvalue weighted by molar-refractivity contribution is 5.95. The monoisotopic (exact) mass is 324 g/mol. The summed E-state index contributed by atoms with van der Waals surface area (Å²) in [6, 6.07) is 18.5. The van der Waals surface area contributed by atoms with Crippen molar-refractivity contribution in [2.75, 3.05) is 31.6 Å². The first-order valence-electron chi connectivity index (χ1n) is 8.43. The third-order valence-corrected chi connectivity index (χ3v) is 4.63. The van der Waals surface area contributed by atoms with Gasteiger partial charge in [0.05, 0.1) is 13.7 Å². The number of hydrogen-bond acceptors (Lipinski definition) is 3. The van der Waals surface area contributed by atoms with Gasteiger partial charge in [0, 0.05) is 24.3 Å². The lowest BCUT2D eigenvalue weighted by Crippen LogP contribution is -2.57. The minimum Gasteiger partial charge on any atom is -0.497 e. The number of likely N-dealkylation sites (N-methyl/N-ethyl adjacent to an activating group) is 1. The fourth-order valence-electron chi connectivity index (χ4n) is 3.29. The molecule has 0 spiro atoms. The summed E-state index contributed by atoms with van der Waals surface area (Å²) in [4.78, 5) is 16.8. The zero-order valence-electron chi connectivity index (χ0n) is 14.3.